The van der Waals surface area contributed by atoms with Crippen LogP contribution < -0.4 is 10.6 Å². The SMILES string of the molecule is CCC(=O)c1sc(N2CCC(O)C2)c(C(=O)OC)c1N. The number of carbonyl (C=O) groups excluding carboxylic acids is 2. The minimum Gasteiger partial charge on any atom is -0.465 e. The molecule has 1 aromatic rings. The summed E-state index contributed by atoms with van der Waals surface area (Å²) in [6.07, 6.45) is 0.539. The maximum Gasteiger partial charge on any atom is 0.343 e. The van der Waals surface area contributed by atoms with Crippen LogP contribution in [0.5, 0.6) is 0 Å². The van der Waals surface area contributed by atoms with E-state index < -0.39 is 12.1 Å². The number of hydrogen-bond donors (Lipinski definition) is 2. The van der Waals surface area contributed by atoms with Gasteiger partial charge in [0.1, 0.15) is 10.6 Å². The minimum absolute atomic E-state index is 0.0938. The summed E-state index contributed by atoms with van der Waals surface area (Å²) < 4.78 is 4.76. The second-order valence-corrected chi connectivity index (χ2v) is 5.68. The standard InChI is InChI=1S/C13H18N2O4S/c1-3-8(17)11-10(14)9(13(18)19-2)12(20-11)15-5-4-7(16)6-15/h7,16H,3-6,14H2,1-2H3. The van der Waals surface area contributed by atoms with E-state index in [0.29, 0.717) is 35.8 Å². The summed E-state index contributed by atoms with van der Waals surface area (Å²) in [5.41, 5.74) is 6.38. The van der Waals surface area contributed by atoms with Gasteiger partial charge in [0, 0.05) is 19.5 Å². The largest absolute Gasteiger partial charge is 0.465 e. The Balaban J connectivity index is 2.48. The van der Waals surface area contributed by atoms with Crippen molar-refractivity contribution in [2.75, 3.05) is 30.8 Å². The molecule has 1 unspecified atom stereocenters. The molecule has 0 spiro atoms. The molecule has 1 fully saturated rings. The summed E-state index contributed by atoms with van der Waals surface area (Å²) in [7, 11) is 1.28. The topological polar surface area (TPSA) is 92.9 Å². The van der Waals surface area contributed by atoms with E-state index in [2.05, 4.69) is 0 Å². The zero-order valence-electron chi connectivity index (χ0n) is 11.5. The zero-order valence-corrected chi connectivity index (χ0v) is 12.3. The number of aliphatic hydroxyl groups is 1. The Labute approximate surface area is 121 Å². The van der Waals surface area contributed by atoms with Crippen molar-refractivity contribution in [3.05, 3.63) is 10.4 Å². The Kier molecular flexibility index (Phi) is 4.29. The van der Waals surface area contributed by atoms with Crippen molar-refractivity contribution in [2.24, 2.45) is 0 Å². The van der Waals surface area contributed by atoms with Crippen LogP contribution in [0.4, 0.5) is 10.7 Å². The van der Waals surface area contributed by atoms with E-state index in [-0.39, 0.29) is 17.0 Å². The van der Waals surface area contributed by atoms with Gasteiger partial charge in [-0.3, -0.25) is 4.79 Å². The first-order chi connectivity index (χ1) is 9.49. The Morgan fingerprint density at radius 1 is 1.55 bits per heavy atom. The summed E-state index contributed by atoms with van der Waals surface area (Å²) in [5, 5.41) is 10.2. The Morgan fingerprint density at radius 3 is 2.75 bits per heavy atom. The van der Waals surface area contributed by atoms with Crippen molar-refractivity contribution in [3.63, 3.8) is 0 Å². The molecule has 7 heteroatoms. The number of thiophene rings is 1. The van der Waals surface area contributed by atoms with Gasteiger partial charge in [-0.1, -0.05) is 6.92 Å². The quantitative estimate of drug-likeness (QED) is 0.642. The summed E-state index contributed by atoms with van der Waals surface area (Å²) in [6, 6.07) is 0. The van der Waals surface area contributed by atoms with Crippen LogP contribution in [0.25, 0.3) is 0 Å². The molecule has 1 saturated heterocycles. The molecule has 3 N–H and O–H groups in total. The summed E-state index contributed by atoms with van der Waals surface area (Å²) >= 11 is 1.20. The van der Waals surface area contributed by atoms with Crippen LogP contribution in [-0.4, -0.2) is 43.2 Å². The van der Waals surface area contributed by atoms with Gasteiger partial charge < -0.3 is 20.5 Å². The Hall–Kier alpha value is -1.60. The van der Waals surface area contributed by atoms with Gasteiger partial charge in [0.2, 0.25) is 0 Å². The van der Waals surface area contributed by atoms with Crippen LogP contribution in [0.1, 0.15) is 39.8 Å². The Bertz CT molecular complexity index is 541. The third-order valence-corrected chi connectivity index (χ3v) is 4.65. The molecule has 2 heterocycles. The Morgan fingerprint density at radius 2 is 2.25 bits per heavy atom. The summed E-state index contributed by atoms with van der Waals surface area (Å²) in [6.45, 7) is 2.81. The van der Waals surface area contributed by atoms with Gasteiger partial charge in [0.25, 0.3) is 0 Å². The molecule has 0 bridgehead atoms. The van der Waals surface area contributed by atoms with E-state index in [9.17, 15) is 14.7 Å². The highest BCUT2D eigenvalue weighted by molar-refractivity contribution is 7.19. The van der Waals surface area contributed by atoms with Crippen molar-refractivity contribution in [2.45, 2.75) is 25.9 Å². The number of ether oxygens (including phenoxy) is 1. The molecule has 2 rings (SSSR count). The van der Waals surface area contributed by atoms with E-state index in [1.54, 1.807) is 6.92 Å². The molecular formula is C13H18N2O4S. The van der Waals surface area contributed by atoms with Gasteiger partial charge in [-0.25, -0.2) is 4.79 Å². The lowest BCUT2D eigenvalue weighted by molar-refractivity contribution is 0.0603. The molecule has 6 nitrogen and oxygen atoms in total. The lowest BCUT2D eigenvalue weighted by atomic mass is 10.1. The number of carbonyl (C=O) groups is 2. The van der Waals surface area contributed by atoms with Crippen LogP contribution in [0.15, 0.2) is 0 Å². The highest BCUT2D eigenvalue weighted by atomic mass is 32.1. The molecule has 1 aliphatic rings. The molecule has 110 valence electrons. The van der Waals surface area contributed by atoms with Crippen LogP contribution >= 0.6 is 11.3 Å². The fraction of sp³-hybridized carbons (Fsp3) is 0.538. The molecule has 0 aliphatic carbocycles. The molecule has 0 aromatic carbocycles. The number of nitrogens with two attached hydrogens (primary N) is 1. The molecule has 0 amide bonds. The predicted octanol–water partition coefficient (Wildman–Crippen LogP) is 1.28. The van der Waals surface area contributed by atoms with Crippen LogP contribution in [0.2, 0.25) is 0 Å². The van der Waals surface area contributed by atoms with Gasteiger partial charge >= 0.3 is 5.97 Å². The van der Waals surface area contributed by atoms with E-state index >= 15 is 0 Å². The van der Waals surface area contributed by atoms with Crippen molar-refractivity contribution < 1.29 is 19.4 Å². The zero-order chi connectivity index (χ0) is 14.9. The predicted molar refractivity (Wildman–Crippen MR) is 77.5 cm³/mol. The highest BCUT2D eigenvalue weighted by Crippen LogP contribution is 2.40. The van der Waals surface area contributed by atoms with Crippen LogP contribution in [-0.2, 0) is 4.74 Å². The lowest BCUT2D eigenvalue weighted by Crippen LogP contribution is -2.22. The fourth-order valence-corrected chi connectivity index (χ4v) is 3.50. The van der Waals surface area contributed by atoms with Gasteiger partial charge in [0.05, 0.1) is 23.8 Å². The first-order valence-corrected chi connectivity index (χ1v) is 7.28. The number of ketones is 1. The van der Waals surface area contributed by atoms with E-state index in [4.69, 9.17) is 10.5 Å². The second kappa shape index (κ2) is 5.80. The number of nitrogens with zero attached hydrogens (tertiary/aromatic N) is 1. The number of rotatable bonds is 4. The third-order valence-electron chi connectivity index (χ3n) is 3.34. The number of Topliss-reactive ketones (excluding diaryl/α,β-unsaturated/α-hetero) is 1. The maximum atomic E-state index is 11.9. The van der Waals surface area contributed by atoms with Crippen molar-refractivity contribution >= 4 is 33.8 Å². The number of anilines is 2. The molecule has 1 aliphatic heterocycles. The average molecular weight is 298 g/mol. The monoisotopic (exact) mass is 298 g/mol. The van der Waals surface area contributed by atoms with Gasteiger partial charge in [-0.2, -0.15) is 0 Å². The van der Waals surface area contributed by atoms with E-state index in [1.807, 2.05) is 4.90 Å². The molecule has 1 aromatic heterocycles. The highest BCUT2D eigenvalue weighted by Gasteiger charge is 2.31. The van der Waals surface area contributed by atoms with Gasteiger partial charge in [-0.05, 0) is 6.42 Å². The number of β-amino-alcohol motifs (C(OH)–C–C–N with tert-alkyl or cyclic N) is 1. The molecule has 1 atom stereocenters. The number of esters is 1. The number of methoxy groups -OCH3 is 1. The number of aliphatic hydroxyl groups excluding tert-OH is 1. The molecular weight excluding hydrogens is 280 g/mol. The average Bonchev–Trinajstić information content (AvgIpc) is 3.01. The normalized spacial score (nSPS) is 18.4. The van der Waals surface area contributed by atoms with Crippen LogP contribution in [0, 0.1) is 0 Å². The van der Waals surface area contributed by atoms with Crippen LogP contribution in [0.3, 0.4) is 0 Å². The summed E-state index contributed by atoms with van der Waals surface area (Å²) in [5.74, 6) is -0.644. The molecule has 20 heavy (non-hydrogen) atoms. The first kappa shape index (κ1) is 14.8. The fourth-order valence-electron chi connectivity index (χ4n) is 2.25. The maximum absolute atomic E-state index is 11.9. The number of nitrogen functional groups attached to an aromatic ring is 1. The smallest absolute Gasteiger partial charge is 0.343 e. The molecule has 0 saturated carbocycles. The summed E-state index contributed by atoms with van der Waals surface area (Å²) in [4.78, 5) is 26.1. The van der Waals surface area contributed by atoms with E-state index in [0.717, 1.165) is 0 Å². The van der Waals surface area contributed by atoms with Gasteiger partial charge in [0.15, 0.2) is 5.78 Å². The van der Waals surface area contributed by atoms with Crippen molar-refractivity contribution in [1.29, 1.82) is 0 Å². The van der Waals surface area contributed by atoms with Crippen molar-refractivity contribution in [1.82, 2.24) is 0 Å². The lowest BCUT2D eigenvalue weighted by Gasteiger charge is -2.16. The van der Waals surface area contributed by atoms with E-state index in [1.165, 1.54) is 18.4 Å². The third kappa shape index (κ3) is 2.51. The minimum atomic E-state index is -0.551. The van der Waals surface area contributed by atoms with Gasteiger partial charge in [-0.15, -0.1) is 11.3 Å². The first-order valence-electron chi connectivity index (χ1n) is 6.46. The second-order valence-electron chi connectivity index (χ2n) is 4.68. The molecule has 0 radical (unpaired) electrons. The van der Waals surface area contributed by atoms with Crippen molar-refractivity contribution in [3.8, 4) is 0 Å². The number of hydrogen-bond acceptors (Lipinski definition) is 7.